The average molecular weight is 350 g/mol. The molecule has 0 saturated carbocycles. The minimum absolute atomic E-state index is 0.372. The zero-order valence-electron chi connectivity index (χ0n) is 14.3. The lowest BCUT2D eigenvalue weighted by Crippen LogP contribution is -1.96. The third-order valence-electron chi connectivity index (χ3n) is 3.37. The molecule has 3 nitrogen and oxygen atoms in total. The van der Waals surface area contributed by atoms with Crippen LogP contribution in [0.25, 0.3) is 11.1 Å². The van der Waals surface area contributed by atoms with Gasteiger partial charge >= 0.3 is 0 Å². The highest BCUT2D eigenvalue weighted by molar-refractivity contribution is 7.33. The van der Waals surface area contributed by atoms with Crippen LogP contribution in [0.4, 0.5) is 0 Å². The Balaban J connectivity index is 2.64. The van der Waals surface area contributed by atoms with Crippen molar-refractivity contribution in [3.05, 3.63) is 41.5 Å². The molecule has 23 heavy (non-hydrogen) atoms. The normalized spacial score (nSPS) is 11.3. The van der Waals surface area contributed by atoms with E-state index >= 15 is 0 Å². The lowest BCUT2D eigenvalue weighted by molar-refractivity contribution is 0.398. The van der Waals surface area contributed by atoms with Gasteiger partial charge in [-0.1, -0.05) is 25.5 Å². The molecule has 2 rings (SSSR count). The summed E-state index contributed by atoms with van der Waals surface area (Å²) in [6.45, 7) is 8.41. The third kappa shape index (κ3) is 4.37. The van der Waals surface area contributed by atoms with E-state index in [-0.39, 0.29) is 0 Å². The van der Waals surface area contributed by atoms with Gasteiger partial charge in [-0.05, 0) is 43.7 Å². The predicted molar refractivity (Wildman–Crippen MR) is 102 cm³/mol. The Morgan fingerprint density at radius 2 is 1.65 bits per heavy atom. The minimum Gasteiger partial charge on any atom is -0.493 e. The topological polar surface area (TPSA) is 27.7 Å². The molecule has 0 spiro atoms. The van der Waals surface area contributed by atoms with Crippen LogP contribution in [-0.4, -0.2) is 12.8 Å². The minimum atomic E-state index is 0.372. The summed E-state index contributed by atoms with van der Waals surface area (Å²) >= 11 is 0. The number of rotatable bonds is 6. The summed E-state index contributed by atoms with van der Waals surface area (Å²) in [4.78, 5) is 0. The predicted octanol–water partition coefficient (Wildman–Crippen LogP) is 5.53. The van der Waals surface area contributed by atoms with Crippen molar-refractivity contribution in [2.45, 2.75) is 33.4 Å². The van der Waals surface area contributed by atoms with Gasteiger partial charge in [-0.15, -0.1) is 0 Å². The largest absolute Gasteiger partial charge is 0.493 e. The maximum absolute atomic E-state index is 6.11. The first-order valence-corrected chi connectivity index (χ1v) is 9.00. The summed E-state index contributed by atoms with van der Waals surface area (Å²) in [6.07, 6.45) is 0. The highest BCUT2D eigenvalue weighted by Crippen LogP contribution is 2.46. The van der Waals surface area contributed by atoms with Gasteiger partial charge in [0, 0.05) is 16.8 Å². The van der Waals surface area contributed by atoms with Crippen molar-refractivity contribution < 1.29 is 13.8 Å². The van der Waals surface area contributed by atoms with Gasteiger partial charge in [0.15, 0.2) is 11.5 Å². The van der Waals surface area contributed by atoms with Crippen molar-refractivity contribution in [2.24, 2.45) is 0 Å². The second-order valence-corrected chi connectivity index (χ2v) is 7.67. The second-order valence-electron chi connectivity index (χ2n) is 5.84. The molecular weight excluding hydrogens is 326 g/mol. The van der Waals surface area contributed by atoms with Crippen LogP contribution in [0.2, 0.25) is 0 Å². The van der Waals surface area contributed by atoms with Crippen LogP contribution in [0.1, 0.15) is 25.0 Å². The summed E-state index contributed by atoms with van der Waals surface area (Å²) in [7, 11) is 4.36. The molecule has 2 aromatic rings. The van der Waals surface area contributed by atoms with E-state index in [4.69, 9.17) is 13.8 Å². The number of aryl methyl sites for hydroxylation is 2. The Morgan fingerprint density at radius 1 is 0.957 bits per heavy atom. The van der Waals surface area contributed by atoms with Crippen molar-refractivity contribution in [3.63, 3.8) is 0 Å². The van der Waals surface area contributed by atoms with Crippen molar-refractivity contribution in [1.82, 2.24) is 0 Å². The number of hydrogen-bond acceptors (Lipinski definition) is 3. The molecule has 2 unspecified atom stereocenters. The van der Waals surface area contributed by atoms with Crippen LogP contribution >= 0.6 is 18.3 Å². The maximum Gasteiger partial charge on any atom is 0.172 e. The summed E-state index contributed by atoms with van der Waals surface area (Å²) in [5, 5.41) is 0. The van der Waals surface area contributed by atoms with Gasteiger partial charge in [0.25, 0.3) is 0 Å². The maximum atomic E-state index is 6.11. The van der Waals surface area contributed by atoms with Crippen molar-refractivity contribution in [1.29, 1.82) is 0 Å². The van der Waals surface area contributed by atoms with E-state index in [1.165, 1.54) is 5.56 Å². The standard InChI is InChI=1S/C18H24O3P2/c1-11(2)23-21-18-15(9-13(4)10-17(18)19-5)14-8-12(3)6-7-16(14)20-22/h6-11,23H,22H2,1-5H3. The van der Waals surface area contributed by atoms with Crippen LogP contribution in [0.3, 0.4) is 0 Å². The molecule has 2 atom stereocenters. The van der Waals surface area contributed by atoms with E-state index in [0.717, 1.165) is 33.9 Å². The molecule has 0 saturated heterocycles. The summed E-state index contributed by atoms with van der Waals surface area (Å²) in [5.74, 6) is 2.33. The summed E-state index contributed by atoms with van der Waals surface area (Å²) in [6, 6.07) is 10.2. The summed E-state index contributed by atoms with van der Waals surface area (Å²) in [5.41, 5.74) is 4.75. The van der Waals surface area contributed by atoms with Crippen LogP contribution in [0, 0.1) is 13.8 Å². The van der Waals surface area contributed by atoms with E-state index < -0.39 is 0 Å². The highest BCUT2D eigenvalue weighted by atomic mass is 31.1. The van der Waals surface area contributed by atoms with Crippen LogP contribution in [-0.2, 0) is 0 Å². The smallest absolute Gasteiger partial charge is 0.172 e. The fourth-order valence-corrected chi connectivity index (χ4v) is 3.10. The molecule has 5 heteroatoms. The first-order valence-electron chi connectivity index (χ1n) is 7.55. The zero-order chi connectivity index (χ0) is 17.0. The van der Waals surface area contributed by atoms with Crippen LogP contribution in [0.5, 0.6) is 17.2 Å². The molecule has 0 heterocycles. The number of hydrogen-bond donors (Lipinski definition) is 0. The van der Waals surface area contributed by atoms with E-state index in [2.05, 4.69) is 49.3 Å². The zero-order valence-corrected chi connectivity index (χ0v) is 16.4. The Morgan fingerprint density at radius 3 is 2.26 bits per heavy atom. The van der Waals surface area contributed by atoms with Crippen molar-refractivity contribution >= 4 is 18.3 Å². The van der Waals surface area contributed by atoms with Gasteiger partial charge < -0.3 is 13.8 Å². The quantitative estimate of drug-likeness (QED) is 0.641. The molecule has 0 fully saturated rings. The van der Waals surface area contributed by atoms with Gasteiger partial charge in [-0.3, -0.25) is 0 Å². The Bertz CT molecular complexity index is 684. The van der Waals surface area contributed by atoms with Crippen LogP contribution in [0.15, 0.2) is 30.3 Å². The Hall–Kier alpha value is -1.30. The van der Waals surface area contributed by atoms with Gasteiger partial charge in [-0.25, -0.2) is 0 Å². The number of ether oxygens (including phenoxy) is 1. The highest BCUT2D eigenvalue weighted by Gasteiger charge is 2.18. The van der Waals surface area contributed by atoms with E-state index in [9.17, 15) is 0 Å². The van der Waals surface area contributed by atoms with Crippen LogP contribution < -0.4 is 13.8 Å². The number of methoxy groups -OCH3 is 1. The van der Waals surface area contributed by atoms with Crippen molar-refractivity contribution in [2.75, 3.05) is 7.11 Å². The average Bonchev–Trinajstić information content (AvgIpc) is 2.52. The molecule has 2 aromatic carbocycles. The molecule has 0 aliphatic heterocycles. The van der Waals surface area contributed by atoms with Gasteiger partial charge in [-0.2, -0.15) is 0 Å². The monoisotopic (exact) mass is 350 g/mol. The molecule has 0 bridgehead atoms. The fraction of sp³-hybridized carbons (Fsp3) is 0.333. The Kier molecular flexibility index (Phi) is 6.27. The van der Waals surface area contributed by atoms with E-state index in [0.29, 0.717) is 14.5 Å². The van der Waals surface area contributed by atoms with E-state index in [1.54, 1.807) is 7.11 Å². The lowest BCUT2D eigenvalue weighted by Gasteiger charge is -2.19. The van der Waals surface area contributed by atoms with Gasteiger partial charge in [0.1, 0.15) is 5.75 Å². The van der Waals surface area contributed by atoms with Crippen molar-refractivity contribution in [3.8, 4) is 28.4 Å². The Labute approximate surface area is 142 Å². The SMILES string of the molecule is COc1cc(C)cc(-c2cc(C)ccc2OP)c1OPC(C)C. The molecule has 0 N–H and O–H groups in total. The van der Waals surface area contributed by atoms with Gasteiger partial charge in [0.05, 0.1) is 25.4 Å². The third-order valence-corrected chi connectivity index (χ3v) is 4.42. The second kappa shape index (κ2) is 7.99. The molecular formula is C18H24O3P2. The summed E-state index contributed by atoms with van der Waals surface area (Å²) < 4.78 is 17.1. The molecule has 124 valence electrons. The first-order chi connectivity index (χ1) is 11.0. The first kappa shape index (κ1) is 18.0. The molecule has 0 radical (unpaired) electrons. The molecule has 0 aliphatic rings. The molecule has 0 aromatic heterocycles. The lowest BCUT2D eigenvalue weighted by atomic mass is 9.99. The number of benzene rings is 2. The van der Waals surface area contributed by atoms with E-state index in [1.807, 2.05) is 18.2 Å². The molecule has 0 aliphatic carbocycles. The fourth-order valence-electron chi connectivity index (χ4n) is 2.33. The molecule has 0 amide bonds. The van der Waals surface area contributed by atoms with Gasteiger partial charge in [0.2, 0.25) is 0 Å².